The average molecular weight is 462 g/mol. The van der Waals surface area contributed by atoms with Crippen LogP contribution in [0.2, 0.25) is 0 Å². The molecule has 11 heteroatoms. The maximum Gasteiger partial charge on any atom is 0.490 e. The summed E-state index contributed by atoms with van der Waals surface area (Å²) in [6, 6.07) is 3.93. The van der Waals surface area contributed by atoms with E-state index in [1.807, 2.05) is 34.4 Å². The van der Waals surface area contributed by atoms with E-state index in [0.29, 0.717) is 18.7 Å². The number of aromatic nitrogens is 1. The zero-order chi connectivity index (χ0) is 23.1. The molecular formula is C20H26F3N3O4S. The van der Waals surface area contributed by atoms with E-state index in [-0.39, 0.29) is 17.2 Å². The van der Waals surface area contributed by atoms with Crippen LogP contribution < -0.4 is 0 Å². The second-order valence-electron chi connectivity index (χ2n) is 7.73. The lowest BCUT2D eigenvalue weighted by Gasteiger charge is -2.47. The van der Waals surface area contributed by atoms with Gasteiger partial charge in [-0.2, -0.15) is 24.9 Å². The minimum absolute atomic E-state index is 0.187. The lowest BCUT2D eigenvalue weighted by molar-refractivity contribution is -0.192. The summed E-state index contributed by atoms with van der Waals surface area (Å²) >= 11 is 1.58. The number of carboxylic acids is 1. The van der Waals surface area contributed by atoms with Crippen molar-refractivity contribution in [3.8, 4) is 0 Å². The van der Waals surface area contributed by atoms with E-state index in [0.717, 1.165) is 44.5 Å². The van der Waals surface area contributed by atoms with Gasteiger partial charge < -0.3 is 14.9 Å². The third-order valence-electron chi connectivity index (χ3n) is 5.53. The molecule has 1 N–H and O–H groups in total. The van der Waals surface area contributed by atoms with Crippen molar-refractivity contribution < 1.29 is 32.7 Å². The summed E-state index contributed by atoms with van der Waals surface area (Å²) in [6.45, 7) is 3.11. The molecule has 31 heavy (non-hydrogen) atoms. The summed E-state index contributed by atoms with van der Waals surface area (Å²) in [6.07, 6.45) is 4.06. The predicted molar refractivity (Wildman–Crippen MR) is 109 cm³/mol. The molecule has 2 aliphatic heterocycles. The van der Waals surface area contributed by atoms with Gasteiger partial charge in [-0.25, -0.2) is 4.79 Å². The molecule has 2 saturated heterocycles. The predicted octanol–water partition coefficient (Wildman–Crippen LogP) is 2.81. The molecule has 0 atom stereocenters. The molecule has 0 unspecified atom stereocenters. The fourth-order valence-corrected chi connectivity index (χ4v) is 4.24. The SMILES string of the molecule is CSCC(=O)N1CCC2(CCC(=O)N(Cc3cccnc3)C2)CC1.O=C(O)C(F)(F)F. The van der Waals surface area contributed by atoms with Gasteiger partial charge in [-0.15, -0.1) is 0 Å². The van der Waals surface area contributed by atoms with Gasteiger partial charge in [-0.3, -0.25) is 14.6 Å². The summed E-state index contributed by atoms with van der Waals surface area (Å²) in [5.74, 6) is -1.70. The van der Waals surface area contributed by atoms with Gasteiger partial charge >= 0.3 is 12.1 Å². The monoisotopic (exact) mass is 461 g/mol. The molecule has 0 bridgehead atoms. The van der Waals surface area contributed by atoms with Crippen LogP contribution in [-0.4, -0.2) is 75.5 Å². The number of piperidine rings is 2. The molecule has 0 aliphatic carbocycles. The van der Waals surface area contributed by atoms with Crippen molar-refractivity contribution in [3.05, 3.63) is 30.1 Å². The number of rotatable bonds is 4. The number of thioether (sulfide) groups is 1. The van der Waals surface area contributed by atoms with Crippen molar-refractivity contribution in [2.45, 2.75) is 38.4 Å². The van der Waals surface area contributed by atoms with Crippen LogP contribution in [0.4, 0.5) is 13.2 Å². The van der Waals surface area contributed by atoms with Crippen molar-refractivity contribution in [1.82, 2.24) is 14.8 Å². The molecule has 2 amide bonds. The van der Waals surface area contributed by atoms with Crippen LogP contribution >= 0.6 is 11.8 Å². The third-order valence-corrected chi connectivity index (χ3v) is 6.07. The number of carboxylic acid groups (broad SMARTS) is 1. The molecule has 3 rings (SSSR count). The van der Waals surface area contributed by atoms with E-state index < -0.39 is 12.1 Å². The summed E-state index contributed by atoms with van der Waals surface area (Å²) in [4.78, 5) is 41.4. The van der Waals surface area contributed by atoms with E-state index >= 15 is 0 Å². The lowest BCUT2D eigenvalue weighted by Crippen LogP contribution is -2.52. The second kappa shape index (κ2) is 10.8. The fraction of sp³-hybridized carbons (Fsp3) is 0.600. The molecular weight excluding hydrogens is 435 g/mol. The van der Waals surface area contributed by atoms with Crippen molar-refractivity contribution in [2.24, 2.45) is 5.41 Å². The molecule has 3 heterocycles. The molecule has 0 saturated carbocycles. The van der Waals surface area contributed by atoms with Crippen molar-refractivity contribution >= 4 is 29.5 Å². The maximum atomic E-state index is 12.3. The van der Waals surface area contributed by atoms with Crippen LogP contribution in [0.5, 0.6) is 0 Å². The normalized spacial score (nSPS) is 18.4. The first-order chi connectivity index (χ1) is 14.6. The Balaban J connectivity index is 0.000000423. The Morgan fingerprint density at radius 1 is 1.26 bits per heavy atom. The number of hydrogen-bond donors (Lipinski definition) is 1. The number of pyridine rings is 1. The number of aliphatic carboxylic acids is 1. The van der Waals surface area contributed by atoms with Gasteiger partial charge in [0.15, 0.2) is 0 Å². The van der Waals surface area contributed by atoms with Gasteiger partial charge in [0, 0.05) is 45.0 Å². The number of halogens is 3. The number of likely N-dealkylation sites (tertiary alicyclic amines) is 2. The lowest BCUT2D eigenvalue weighted by atomic mass is 9.72. The number of hydrogen-bond acceptors (Lipinski definition) is 5. The van der Waals surface area contributed by atoms with Crippen LogP contribution in [-0.2, 0) is 20.9 Å². The van der Waals surface area contributed by atoms with Gasteiger partial charge in [0.1, 0.15) is 0 Å². The first-order valence-electron chi connectivity index (χ1n) is 9.80. The molecule has 1 spiro atoms. The smallest absolute Gasteiger partial charge is 0.475 e. The van der Waals surface area contributed by atoms with E-state index in [1.165, 1.54) is 0 Å². The van der Waals surface area contributed by atoms with Gasteiger partial charge in [-0.1, -0.05) is 6.07 Å². The van der Waals surface area contributed by atoms with Gasteiger partial charge in [-0.05, 0) is 42.6 Å². The third kappa shape index (κ3) is 7.41. The molecule has 0 radical (unpaired) electrons. The Hall–Kier alpha value is -2.30. The first kappa shape index (κ1) is 25.0. The Bertz CT molecular complexity index is 769. The molecule has 1 aromatic heterocycles. The summed E-state index contributed by atoms with van der Waals surface area (Å²) in [5, 5.41) is 7.12. The minimum atomic E-state index is -5.08. The Labute approximate surface area is 183 Å². The van der Waals surface area contributed by atoms with E-state index in [4.69, 9.17) is 9.90 Å². The molecule has 172 valence electrons. The standard InChI is InChI=1S/C18H25N3O2S.C2HF3O2/c1-24-13-17(23)20-9-6-18(7-10-20)5-4-16(22)21(14-18)12-15-3-2-8-19-11-15;3-2(4,5)1(6)7/h2-3,8,11H,4-7,9-10,12-14H2,1H3;(H,6,7). The summed E-state index contributed by atoms with van der Waals surface area (Å²) in [7, 11) is 0. The summed E-state index contributed by atoms with van der Waals surface area (Å²) in [5.41, 5.74) is 1.27. The highest BCUT2D eigenvalue weighted by molar-refractivity contribution is 7.99. The zero-order valence-corrected chi connectivity index (χ0v) is 18.0. The Morgan fingerprint density at radius 3 is 2.42 bits per heavy atom. The highest BCUT2D eigenvalue weighted by atomic mass is 32.2. The fourth-order valence-electron chi connectivity index (χ4n) is 3.81. The van der Waals surface area contributed by atoms with Crippen LogP contribution in [0.1, 0.15) is 31.2 Å². The Kier molecular flexibility index (Phi) is 8.72. The maximum absolute atomic E-state index is 12.3. The van der Waals surface area contributed by atoms with Crippen LogP contribution in [0.15, 0.2) is 24.5 Å². The van der Waals surface area contributed by atoms with E-state index in [1.54, 1.807) is 18.0 Å². The number of alkyl halides is 3. The van der Waals surface area contributed by atoms with Crippen molar-refractivity contribution in [2.75, 3.05) is 31.6 Å². The average Bonchev–Trinajstić information content (AvgIpc) is 2.72. The number of amides is 2. The highest BCUT2D eigenvalue weighted by Crippen LogP contribution is 2.40. The first-order valence-corrected chi connectivity index (χ1v) is 11.2. The summed E-state index contributed by atoms with van der Waals surface area (Å²) < 4.78 is 31.7. The quantitative estimate of drug-likeness (QED) is 0.742. The molecule has 2 fully saturated rings. The second-order valence-corrected chi connectivity index (χ2v) is 8.59. The van der Waals surface area contributed by atoms with Crippen molar-refractivity contribution in [1.29, 1.82) is 0 Å². The van der Waals surface area contributed by atoms with Gasteiger partial charge in [0.05, 0.1) is 5.75 Å². The molecule has 2 aliphatic rings. The van der Waals surface area contributed by atoms with Crippen LogP contribution in [0.3, 0.4) is 0 Å². The van der Waals surface area contributed by atoms with Crippen LogP contribution in [0, 0.1) is 5.41 Å². The van der Waals surface area contributed by atoms with Crippen molar-refractivity contribution in [3.63, 3.8) is 0 Å². The van der Waals surface area contributed by atoms with Gasteiger partial charge in [0.25, 0.3) is 0 Å². The van der Waals surface area contributed by atoms with Gasteiger partial charge in [0.2, 0.25) is 11.8 Å². The van der Waals surface area contributed by atoms with E-state index in [9.17, 15) is 22.8 Å². The number of carbonyl (C=O) groups is 3. The topological polar surface area (TPSA) is 90.8 Å². The molecule has 0 aromatic carbocycles. The number of nitrogens with zero attached hydrogens (tertiary/aromatic N) is 3. The highest BCUT2D eigenvalue weighted by Gasteiger charge is 2.41. The van der Waals surface area contributed by atoms with E-state index in [2.05, 4.69) is 4.98 Å². The molecule has 7 nitrogen and oxygen atoms in total. The zero-order valence-electron chi connectivity index (χ0n) is 17.2. The largest absolute Gasteiger partial charge is 0.490 e. The van der Waals surface area contributed by atoms with Crippen LogP contribution in [0.25, 0.3) is 0 Å². The Morgan fingerprint density at radius 2 is 1.90 bits per heavy atom. The minimum Gasteiger partial charge on any atom is -0.475 e. The number of carbonyl (C=O) groups excluding carboxylic acids is 2. The molecule has 1 aromatic rings.